The Morgan fingerprint density at radius 1 is 1.06 bits per heavy atom. The van der Waals surface area contributed by atoms with Crippen molar-refractivity contribution in [2.75, 3.05) is 11.9 Å². The molecule has 2 rings (SSSR count). The molecule has 2 aromatic rings. The maximum absolute atomic E-state index is 4.55. The highest BCUT2D eigenvalue weighted by atomic mass is 15.0. The molecule has 0 aromatic carbocycles. The molecule has 3 nitrogen and oxygen atoms in total. The summed E-state index contributed by atoms with van der Waals surface area (Å²) >= 11 is 0. The van der Waals surface area contributed by atoms with Gasteiger partial charge in [-0.25, -0.2) is 4.98 Å². The van der Waals surface area contributed by atoms with Crippen LogP contribution >= 0.6 is 0 Å². The van der Waals surface area contributed by atoms with E-state index in [0.717, 1.165) is 36.6 Å². The lowest BCUT2D eigenvalue weighted by atomic mass is 10.2. The van der Waals surface area contributed by atoms with E-state index in [0.29, 0.717) is 0 Å². The van der Waals surface area contributed by atoms with Crippen LogP contribution in [-0.4, -0.2) is 16.5 Å². The molecular formula is C14H17N3. The van der Waals surface area contributed by atoms with E-state index < -0.39 is 0 Å². The molecule has 0 saturated heterocycles. The van der Waals surface area contributed by atoms with E-state index in [1.54, 1.807) is 0 Å². The fourth-order valence-corrected chi connectivity index (χ4v) is 1.62. The second-order valence-electron chi connectivity index (χ2n) is 3.94. The van der Waals surface area contributed by atoms with Gasteiger partial charge in [-0.05, 0) is 30.7 Å². The summed E-state index contributed by atoms with van der Waals surface area (Å²) < 4.78 is 0. The van der Waals surface area contributed by atoms with Crippen molar-refractivity contribution in [3.8, 4) is 0 Å². The molecule has 0 bridgehead atoms. The maximum atomic E-state index is 4.55. The first kappa shape index (κ1) is 11.6. The van der Waals surface area contributed by atoms with Crippen LogP contribution in [0.4, 0.5) is 5.82 Å². The molecule has 0 amide bonds. The SMILES string of the molecule is CCCNc1cccc(Cc2ccccn2)n1. The molecule has 0 aliphatic rings. The van der Waals surface area contributed by atoms with Gasteiger partial charge >= 0.3 is 0 Å². The van der Waals surface area contributed by atoms with Gasteiger partial charge in [-0.1, -0.05) is 19.1 Å². The average Bonchev–Trinajstić information content (AvgIpc) is 2.38. The minimum atomic E-state index is 0.780. The van der Waals surface area contributed by atoms with Crippen LogP contribution < -0.4 is 5.32 Å². The molecule has 0 unspecified atom stereocenters. The van der Waals surface area contributed by atoms with E-state index in [2.05, 4.69) is 22.2 Å². The Morgan fingerprint density at radius 3 is 2.71 bits per heavy atom. The normalized spacial score (nSPS) is 10.2. The summed E-state index contributed by atoms with van der Waals surface area (Å²) in [7, 11) is 0. The predicted octanol–water partition coefficient (Wildman–Crippen LogP) is 2.89. The molecule has 88 valence electrons. The van der Waals surface area contributed by atoms with E-state index in [1.165, 1.54) is 0 Å². The highest BCUT2D eigenvalue weighted by molar-refractivity contribution is 5.35. The van der Waals surface area contributed by atoms with Crippen molar-refractivity contribution in [1.29, 1.82) is 0 Å². The Balaban J connectivity index is 2.06. The van der Waals surface area contributed by atoms with Crippen molar-refractivity contribution in [3.63, 3.8) is 0 Å². The van der Waals surface area contributed by atoms with Gasteiger partial charge in [0.1, 0.15) is 5.82 Å². The Kier molecular flexibility index (Phi) is 4.08. The number of hydrogen-bond donors (Lipinski definition) is 1. The number of anilines is 1. The zero-order chi connectivity index (χ0) is 11.9. The van der Waals surface area contributed by atoms with Gasteiger partial charge in [-0.2, -0.15) is 0 Å². The van der Waals surface area contributed by atoms with Crippen LogP contribution in [0.2, 0.25) is 0 Å². The van der Waals surface area contributed by atoms with Gasteiger partial charge in [0.05, 0.1) is 0 Å². The average molecular weight is 227 g/mol. The van der Waals surface area contributed by atoms with Crippen LogP contribution in [0.15, 0.2) is 42.6 Å². The van der Waals surface area contributed by atoms with Crippen LogP contribution in [0, 0.1) is 0 Å². The molecule has 0 saturated carbocycles. The number of nitrogens with one attached hydrogen (secondary N) is 1. The van der Waals surface area contributed by atoms with E-state index in [-0.39, 0.29) is 0 Å². The van der Waals surface area contributed by atoms with E-state index >= 15 is 0 Å². The minimum Gasteiger partial charge on any atom is -0.370 e. The van der Waals surface area contributed by atoms with Crippen molar-refractivity contribution in [2.24, 2.45) is 0 Å². The van der Waals surface area contributed by atoms with Crippen molar-refractivity contribution in [2.45, 2.75) is 19.8 Å². The van der Waals surface area contributed by atoms with Crippen molar-refractivity contribution in [3.05, 3.63) is 54.0 Å². The van der Waals surface area contributed by atoms with Gasteiger partial charge in [0.15, 0.2) is 0 Å². The molecule has 0 atom stereocenters. The number of nitrogens with zero attached hydrogens (tertiary/aromatic N) is 2. The molecule has 17 heavy (non-hydrogen) atoms. The van der Waals surface area contributed by atoms with Gasteiger partial charge in [0, 0.05) is 30.6 Å². The van der Waals surface area contributed by atoms with Gasteiger partial charge in [0.25, 0.3) is 0 Å². The second kappa shape index (κ2) is 5.99. The molecule has 3 heteroatoms. The predicted molar refractivity (Wildman–Crippen MR) is 70.1 cm³/mol. The van der Waals surface area contributed by atoms with Crippen LogP contribution in [0.3, 0.4) is 0 Å². The first-order valence-corrected chi connectivity index (χ1v) is 5.98. The van der Waals surface area contributed by atoms with Crippen molar-refractivity contribution in [1.82, 2.24) is 9.97 Å². The summed E-state index contributed by atoms with van der Waals surface area (Å²) in [4.78, 5) is 8.86. The number of rotatable bonds is 5. The van der Waals surface area contributed by atoms with E-state index in [9.17, 15) is 0 Å². The Morgan fingerprint density at radius 2 is 1.94 bits per heavy atom. The lowest BCUT2D eigenvalue weighted by Crippen LogP contribution is -2.03. The summed E-state index contributed by atoms with van der Waals surface area (Å²) in [5, 5.41) is 3.29. The summed E-state index contributed by atoms with van der Waals surface area (Å²) in [5.41, 5.74) is 2.09. The smallest absolute Gasteiger partial charge is 0.126 e. The van der Waals surface area contributed by atoms with E-state index in [4.69, 9.17) is 0 Å². The van der Waals surface area contributed by atoms with Crippen LogP contribution in [0.25, 0.3) is 0 Å². The third kappa shape index (κ3) is 3.55. The zero-order valence-electron chi connectivity index (χ0n) is 10.1. The molecule has 2 aromatic heterocycles. The zero-order valence-corrected chi connectivity index (χ0v) is 10.1. The number of pyridine rings is 2. The molecule has 0 fully saturated rings. The molecule has 0 radical (unpaired) electrons. The molecular weight excluding hydrogens is 210 g/mol. The number of hydrogen-bond acceptors (Lipinski definition) is 3. The highest BCUT2D eigenvalue weighted by Crippen LogP contribution is 2.08. The van der Waals surface area contributed by atoms with Crippen molar-refractivity contribution >= 4 is 5.82 Å². The summed E-state index contributed by atoms with van der Waals surface area (Å²) in [6.45, 7) is 3.10. The van der Waals surface area contributed by atoms with Crippen molar-refractivity contribution < 1.29 is 0 Å². The minimum absolute atomic E-state index is 0.780. The molecule has 0 aliphatic heterocycles. The summed E-state index contributed by atoms with van der Waals surface area (Å²) in [6.07, 6.45) is 3.70. The van der Waals surface area contributed by atoms with E-state index in [1.807, 2.05) is 42.6 Å². The largest absolute Gasteiger partial charge is 0.370 e. The lowest BCUT2D eigenvalue weighted by molar-refractivity contribution is 0.954. The first-order valence-electron chi connectivity index (χ1n) is 5.98. The van der Waals surface area contributed by atoms with Gasteiger partial charge in [0.2, 0.25) is 0 Å². The fourth-order valence-electron chi connectivity index (χ4n) is 1.62. The summed E-state index contributed by atoms with van der Waals surface area (Å²) in [6, 6.07) is 12.0. The van der Waals surface area contributed by atoms with Gasteiger partial charge in [-0.3, -0.25) is 4.98 Å². The standard InChI is InChI=1S/C14H17N3/c1-2-9-16-14-8-5-7-13(17-14)11-12-6-3-4-10-15-12/h3-8,10H,2,9,11H2,1H3,(H,16,17). The molecule has 0 spiro atoms. The first-order chi connectivity index (χ1) is 8.38. The second-order valence-corrected chi connectivity index (χ2v) is 3.94. The highest BCUT2D eigenvalue weighted by Gasteiger charge is 1.99. The summed E-state index contributed by atoms with van der Waals surface area (Å²) in [5.74, 6) is 0.945. The monoisotopic (exact) mass is 227 g/mol. The molecule has 1 N–H and O–H groups in total. The van der Waals surface area contributed by atoms with Gasteiger partial charge < -0.3 is 5.32 Å². The van der Waals surface area contributed by atoms with Crippen LogP contribution in [-0.2, 0) is 6.42 Å². The maximum Gasteiger partial charge on any atom is 0.126 e. The Bertz CT molecular complexity index is 454. The third-order valence-corrected chi connectivity index (χ3v) is 2.45. The lowest BCUT2D eigenvalue weighted by Gasteiger charge is -2.06. The van der Waals surface area contributed by atoms with Crippen LogP contribution in [0.1, 0.15) is 24.7 Å². The Labute approximate surface area is 102 Å². The Hall–Kier alpha value is -1.90. The molecule has 2 heterocycles. The van der Waals surface area contributed by atoms with Gasteiger partial charge in [-0.15, -0.1) is 0 Å². The quantitative estimate of drug-likeness (QED) is 0.853. The van der Waals surface area contributed by atoms with Crippen LogP contribution in [0.5, 0.6) is 0 Å². The topological polar surface area (TPSA) is 37.8 Å². The number of aromatic nitrogens is 2. The molecule has 0 aliphatic carbocycles. The fraction of sp³-hybridized carbons (Fsp3) is 0.286. The third-order valence-electron chi connectivity index (χ3n) is 2.45.